The van der Waals surface area contributed by atoms with Gasteiger partial charge in [-0.15, -0.1) is 0 Å². The molecule has 0 saturated carbocycles. The van der Waals surface area contributed by atoms with Gasteiger partial charge >= 0.3 is 0 Å². The van der Waals surface area contributed by atoms with Crippen molar-refractivity contribution in [2.45, 2.75) is 34.5 Å². The molecular formula is C56H39NS. The first-order valence-electron chi connectivity index (χ1n) is 20.3. The summed E-state index contributed by atoms with van der Waals surface area (Å²) in [6.45, 7) is 4.74. The Balaban J connectivity index is 1.10. The molecular weight excluding hydrogens is 719 g/mol. The molecule has 2 aliphatic carbocycles. The van der Waals surface area contributed by atoms with Crippen LogP contribution in [0.25, 0.3) is 44.2 Å². The number of anilines is 3. The topological polar surface area (TPSA) is 3.24 Å². The van der Waals surface area contributed by atoms with Crippen molar-refractivity contribution in [3.8, 4) is 33.4 Å². The van der Waals surface area contributed by atoms with Gasteiger partial charge in [0.15, 0.2) is 0 Å². The molecule has 1 heterocycles. The van der Waals surface area contributed by atoms with Gasteiger partial charge in [0, 0.05) is 32.3 Å². The van der Waals surface area contributed by atoms with Gasteiger partial charge in [-0.2, -0.15) is 0 Å². The minimum Gasteiger partial charge on any atom is -0.310 e. The van der Waals surface area contributed by atoms with Gasteiger partial charge in [0.25, 0.3) is 0 Å². The summed E-state index contributed by atoms with van der Waals surface area (Å²) in [5, 5.41) is 2.57. The maximum Gasteiger partial charge on any atom is 0.0735 e. The van der Waals surface area contributed by atoms with Gasteiger partial charge in [0.2, 0.25) is 0 Å². The van der Waals surface area contributed by atoms with Crippen molar-refractivity contribution in [3.05, 3.63) is 234 Å². The predicted octanol–water partition coefficient (Wildman–Crippen LogP) is 15.1. The summed E-state index contributed by atoms with van der Waals surface area (Å²) in [7, 11) is 0. The lowest BCUT2D eigenvalue weighted by Gasteiger charge is -2.40. The van der Waals surface area contributed by atoms with Crippen LogP contribution >= 0.6 is 11.8 Å². The Morgan fingerprint density at radius 3 is 1.66 bits per heavy atom. The van der Waals surface area contributed by atoms with Crippen molar-refractivity contribution in [2.75, 3.05) is 4.90 Å². The SMILES string of the molecule is CC1(C)c2ccccc2-c2ccc(N(c3ccc(-c4ccccc4)cc3)c3ccc4c(c3)Sc3c(ccc5ccccc35)C43c4ccccc4-c4ccccc43)cc21. The lowest BCUT2D eigenvalue weighted by molar-refractivity contribution is 0.660. The van der Waals surface area contributed by atoms with E-state index >= 15 is 0 Å². The van der Waals surface area contributed by atoms with Crippen LogP contribution in [0.3, 0.4) is 0 Å². The summed E-state index contributed by atoms with van der Waals surface area (Å²) in [6.07, 6.45) is 0. The van der Waals surface area contributed by atoms with Crippen LogP contribution < -0.4 is 4.90 Å². The third kappa shape index (κ3) is 4.61. The zero-order valence-electron chi connectivity index (χ0n) is 32.4. The second-order valence-electron chi connectivity index (χ2n) is 16.4. The molecule has 9 aromatic carbocycles. The molecule has 12 rings (SSSR count). The highest BCUT2D eigenvalue weighted by atomic mass is 32.2. The average molecular weight is 758 g/mol. The molecule has 1 spiro atoms. The zero-order valence-corrected chi connectivity index (χ0v) is 33.2. The average Bonchev–Trinajstić information content (AvgIpc) is 3.70. The van der Waals surface area contributed by atoms with E-state index in [9.17, 15) is 0 Å². The van der Waals surface area contributed by atoms with Crippen LogP contribution in [-0.2, 0) is 10.8 Å². The molecule has 0 aromatic heterocycles. The number of benzene rings is 9. The van der Waals surface area contributed by atoms with Crippen molar-refractivity contribution < 1.29 is 0 Å². The Morgan fingerprint density at radius 1 is 0.379 bits per heavy atom. The van der Waals surface area contributed by atoms with Crippen molar-refractivity contribution >= 4 is 39.6 Å². The van der Waals surface area contributed by atoms with E-state index in [1.807, 2.05) is 11.8 Å². The predicted molar refractivity (Wildman–Crippen MR) is 243 cm³/mol. The van der Waals surface area contributed by atoms with Crippen molar-refractivity contribution in [2.24, 2.45) is 0 Å². The van der Waals surface area contributed by atoms with E-state index in [2.05, 4.69) is 219 Å². The van der Waals surface area contributed by atoms with E-state index in [0.29, 0.717) is 0 Å². The summed E-state index contributed by atoms with van der Waals surface area (Å²) in [6, 6.07) is 74.9. The van der Waals surface area contributed by atoms with E-state index in [-0.39, 0.29) is 5.41 Å². The van der Waals surface area contributed by atoms with Gasteiger partial charge < -0.3 is 4.90 Å². The summed E-state index contributed by atoms with van der Waals surface area (Å²) in [5.74, 6) is 0. The fourth-order valence-corrected chi connectivity index (χ4v) is 11.8. The first-order valence-corrected chi connectivity index (χ1v) is 21.1. The lowest BCUT2D eigenvalue weighted by atomic mass is 9.67. The molecule has 0 radical (unpaired) electrons. The monoisotopic (exact) mass is 757 g/mol. The van der Waals surface area contributed by atoms with Gasteiger partial charge in [-0.1, -0.05) is 189 Å². The second kappa shape index (κ2) is 12.4. The number of nitrogens with zero attached hydrogens (tertiary/aromatic N) is 1. The normalized spacial score (nSPS) is 14.6. The van der Waals surface area contributed by atoms with E-state index in [4.69, 9.17) is 0 Å². The van der Waals surface area contributed by atoms with Crippen LogP contribution in [0.5, 0.6) is 0 Å². The van der Waals surface area contributed by atoms with Crippen LogP contribution in [0.2, 0.25) is 0 Å². The van der Waals surface area contributed by atoms with Crippen molar-refractivity contribution in [1.82, 2.24) is 0 Å². The molecule has 0 fully saturated rings. The van der Waals surface area contributed by atoms with Crippen LogP contribution in [0.1, 0.15) is 47.2 Å². The Bertz CT molecular complexity index is 3080. The summed E-state index contributed by atoms with van der Waals surface area (Å²) in [5.41, 5.74) is 18.8. The highest BCUT2D eigenvalue weighted by Crippen LogP contribution is 2.63. The maximum absolute atomic E-state index is 2.47. The number of hydrogen-bond donors (Lipinski definition) is 0. The third-order valence-corrected chi connectivity index (χ3v) is 14.3. The molecule has 2 heteroatoms. The molecule has 0 unspecified atom stereocenters. The summed E-state index contributed by atoms with van der Waals surface area (Å²) < 4.78 is 0. The molecule has 0 amide bonds. The molecule has 58 heavy (non-hydrogen) atoms. The first-order chi connectivity index (χ1) is 28.5. The Hall–Kier alpha value is -6.61. The lowest BCUT2D eigenvalue weighted by Crippen LogP contribution is -2.32. The molecule has 3 aliphatic rings. The highest BCUT2D eigenvalue weighted by Gasteiger charge is 2.50. The molecule has 1 aliphatic heterocycles. The summed E-state index contributed by atoms with van der Waals surface area (Å²) >= 11 is 1.93. The van der Waals surface area contributed by atoms with Gasteiger partial charge in [-0.25, -0.2) is 0 Å². The molecule has 1 nitrogen and oxygen atoms in total. The minimum absolute atomic E-state index is 0.114. The van der Waals surface area contributed by atoms with E-state index in [1.54, 1.807) is 0 Å². The quantitative estimate of drug-likeness (QED) is 0.176. The van der Waals surface area contributed by atoms with E-state index in [0.717, 1.165) is 17.1 Å². The van der Waals surface area contributed by atoms with Crippen molar-refractivity contribution in [1.29, 1.82) is 0 Å². The van der Waals surface area contributed by atoms with Crippen LogP contribution in [-0.4, -0.2) is 0 Å². The van der Waals surface area contributed by atoms with Gasteiger partial charge in [0.1, 0.15) is 0 Å². The molecule has 0 saturated heterocycles. The number of fused-ring (bicyclic) bond motifs is 14. The maximum atomic E-state index is 2.47. The van der Waals surface area contributed by atoms with Gasteiger partial charge in [-0.3, -0.25) is 0 Å². The molecule has 274 valence electrons. The molecule has 0 atom stereocenters. The fourth-order valence-electron chi connectivity index (χ4n) is 10.5. The highest BCUT2D eigenvalue weighted by molar-refractivity contribution is 7.99. The Kier molecular flexibility index (Phi) is 7.19. The first kappa shape index (κ1) is 33.5. The number of rotatable bonds is 4. The van der Waals surface area contributed by atoms with E-state index in [1.165, 1.54) is 87.3 Å². The smallest absolute Gasteiger partial charge is 0.0735 e. The zero-order chi connectivity index (χ0) is 38.6. The minimum atomic E-state index is -0.447. The molecule has 0 N–H and O–H groups in total. The summed E-state index contributed by atoms with van der Waals surface area (Å²) in [4.78, 5) is 5.09. The standard InChI is InChI=1S/C56H39NS/c1-55(2)47-21-11-8-18-43(47)46-31-29-40(34-52(46)55)57(39-27-24-37(25-28-39)36-14-4-3-5-15-36)41-30-33-50-53(35-41)58-54-42-17-7-6-16-38(42)26-32-51(54)56(50)48-22-12-9-19-44(48)45-20-10-13-23-49(45)56/h3-35H,1-2H3. The van der Waals surface area contributed by atoms with Crippen molar-refractivity contribution in [3.63, 3.8) is 0 Å². The van der Waals surface area contributed by atoms with Crippen LogP contribution in [0.4, 0.5) is 17.1 Å². The van der Waals surface area contributed by atoms with Gasteiger partial charge in [-0.05, 0) is 114 Å². The number of hydrogen-bond acceptors (Lipinski definition) is 2. The fraction of sp³-hybridized carbons (Fsp3) is 0.0714. The largest absolute Gasteiger partial charge is 0.310 e. The van der Waals surface area contributed by atoms with E-state index < -0.39 is 5.41 Å². The second-order valence-corrected chi connectivity index (χ2v) is 17.5. The molecule has 0 bridgehead atoms. The Labute approximate surface area is 344 Å². The Morgan fingerprint density at radius 2 is 0.914 bits per heavy atom. The van der Waals surface area contributed by atoms with Gasteiger partial charge in [0.05, 0.1) is 5.41 Å². The molecule has 9 aromatic rings. The third-order valence-electron chi connectivity index (χ3n) is 13.1. The van der Waals surface area contributed by atoms with Crippen LogP contribution in [0, 0.1) is 0 Å². The van der Waals surface area contributed by atoms with Crippen LogP contribution in [0.15, 0.2) is 210 Å².